The summed E-state index contributed by atoms with van der Waals surface area (Å²) >= 11 is 1.62. The first kappa shape index (κ1) is 17.1. The monoisotopic (exact) mass is 364 g/mol. The van der Waals surface area contributed by atoms with Crippen LogP contribution in [0.25, 0.3) is 0 Å². The number of carbonyl (C=O) groups excluding carboxylic acids is 1. The average Bonchev–Trinajstić information content (AvgIpc) is 3.12. The Hall–Kier alpha value is -1.70. The Balaban J connectivity index is 1.75. The van der Waals surface area contributed by atoms with E-state index >= 15 is 0 Å². The number of rotatable bonds is 5. The number of thiophene rings is 1. The summed E-state index contributed by atoms with van der Waals surface area (Å²) in [6, 6.07) is 8.99. The van der Waals surface area contributed by atoms with Gasteiger partial charge in [-0.2, -0.15) is 0 Å². The summed E-state index contributed by atoms with van der Waals surface area (Å²) in [5.74, 6) is -0.0223. The predicted molar refractivity (Wildman–Crippen MR) is 96.0 cm³/mol. The van der Waals surface area contributed by atoms with E-state index in [1.165, 1.54) is 6.92 Å². The number of hydrogen-bond acceptors (Lipinski definition) is 4. The summed E-state index contributed by atoms with van der Waals surface area (Å²) in [5.41, 5.74) is 1.71. The van der Waals surface area contributed by atoms with Crippen molar-refractivity contribution in [1.82, 2.24) is 4.72 Å². The van der Waals surface area contributed by atoms with Gasteiger partial charge >= 0.3 is 0 Å². The molecule has 7 heteroatoms. The van der Waals surface area contributed by atoms with Crippen LogP contribution < -0.4 is 9.62 Å². The van der Waals surface area contributed by atoms with E-state index in [1.54, 1.807) is 34.4 Å². The second-order valence-electron chi connectivity index (χ2n) is 5.96. The Morgan fingerprint density at radius 1 is 1.38 bits per heavy atom. The summed E-state index contributed by atoms with van der Waals surface area (Å²) in [5, 5.41) is 1.98. The molecule has 128 valence electrons. The lowest BCUT2D eigenvalue weighted by Gasteiger charge is -2.20. The number of fused-ring (bicyclic) bond motifs is 1. The Morgan fingerprint density at radius 2 is 2.17 bits per heavy atom. The van der Waals surface area contributed by atoms with Gasteiger partial charge in [0, 0.05) is 30.1 Å². The molecule has 1 aliphatic rings. The van der Waals surface area contributed by atoms with E-state index in [2.05, 4.69) is 4.72 Å². The van der Waals surface area contributed by atoms with Crippen LogP contribution >= 0.6 is 11.3 Å². The van der Waals surface area contributed by atoms with Crippen molar-refractivity contribution < 1.29 is 13.2 Å². The molecule has 2 aromatic rings. The smallest absolute Gasteiger partial charge is 0.240 e. The van der Waals surface area contributed by atoms with E-state index < -0.39 is 10.0 Å². The fourth-order valence-electron chi connectivity index (χ4n) is 3.10. The molecule has 1 aromatic heterocycles. The zero-order chi connectivity index (χ0) is 17.3. The number of carbonyl (C=O) groups is 1. The minimum absolute atomic E-state index is 0.0223. The largest absolute Gasteiger partial charge is 0.309 e. The maximum absolute atomic E-state index is 12.5. The molecule has 0 fully saturated rings. The number of nitrogens with zero attached hydrogens (tertiary/aromatic N) is 1. The minimum atomic E-state index is -3.54. The Morgan fingerprint density at radius 3 is 2.83 bits per heavy atom. The Labute approximate surface area is 146 Å². The van der Waals surface area contributed by atoms with Crippen molar-refractivity contribution in [2.24, 2.45) is 0 Å². The molecular weight excluding hydrogens is 344 g/mol. The highest BCUT2D eigenvalue weighted by molar-refractivity contribution is 7.89. The maximum atomic E-state index is 12.5. The molecule has 1 unspecified atom stereocenters. The van der Waals surface area contributed by atoms with E-state index in [-0.39, 0.29) is 16.8 Å². The van der Waals surface area contributed by atoms with Crippen LogP contribution in [-0.2, 0) is 27.7 Å². The average molecular weight is 364 g/mol. The van der Waals surface area contributed by atoms with Crippen molar-refractivity contribution in [3.8, 4) is 0 Å². The number of hydrogen-bond donors (Lipinski definition) is 1. The summed E-state index contributed by atoms with van der Waals surface area (Å²) in [6.45, 7) is 3.87. The van der Waals surface area contributed by atoms with Crippen molar-refractivity contribution >= 4 is 33.0 Å². The van der Waals surface area contributed by atoms with Gasteiger partial charge in [-0.25, -0.2) is 13.1 Å². The first-order chi connectivity index (χ1) is 11.4. The maximum Gasteiger partial charge on any atom is 0.240 e. The number of nitrogens with one attached hydrogen (secondary N) is 1. The molecule has 24 heavy (non-hydrogen) atoms. The topological polar surface area (TPSA) is 66.5 Å². The lowest BCUT2D eigenvalue weighted by molar-refractivity contribution is -0.116. The first-order valence-corrected chi connectivity index (χ1v) is 10.2. The van der Waals surface area contributed by atoms with Gasteiger partial charge in [0.05, 0.1) is 4.90 Å². The van der Waals surface area contributed by atoms with Crippen molar-refractivity contribution in [2.45, 2.75) is 37.6 Å². The highest BCUT2D eigenvalue weighted by Gasteiger charge is 2.30. The highest BCUT2D eigenvalue weighted by atomic mass is 32.2. The van der Waals surface area contributed by atoms with Crippen LogP contribution in [0.4, 0.5) is 5.69 Å². The van der Waals surface area contributed by atoms with Gasteiger partial charge in [0.25, 0.3) is 0 Å². The summed E-state index contributed by atoms with van der Waals surface area (Å²) in [7, 11) is -3.54. The van der Waals surface area contributed by atoms with Crippen LogP contribution in [0.3, 0.4) is 0 Å². The zero-order valence-corrected chi connectivity index (χ0v) is 15.3. The second-order valence-corrected chi connectivity index (χ2v) is 8.76. The molecule has 2 heterocycles. The minimum Gasteiger partial charge on any atom is -0.309 e. The molecule has 1 aliphatic heterocycles. The van der Waals surface area contributed by atoms with Gasteiger partial charge in [0.1, 0.15) is 0 Å². The number of benzene rings is 1. The lowest BCUT2D eigenvalue weighted by atomic mass is 10.1. The van der Waals surface area contributed by atoms with Gasteiger partial charge in [-0.1, -0.05) is 6.07 Å². The summed E-state index contributed by atoms with van der Waals surface area (Å²) < 4.78 is 27.6. The van der Waals surface area contributed by atoms with Crippen LogP contribution in [0.1, 0.15) is 24.3 Å². The van der Waals surface area contributed by atoms with Crippen LogP contribution in [-0.4, -0.2) is 26.9 Å². The van der Waals surface area contributed by atoms with E-state index in [1.807, 2.05) is 24.4 Å². The molecule has 0 radical (unpaired) electrons. The number of anilines is 1. The van der Waals surface area contributed by atoms with E-state index in [9.17, 15) is 13.2 Å². The van der Waals surface area contributed by atoms with E-state index in [4.69, 9.17) is 0 Å². The second kappa shape index (κ2) is 6.66. The van der Waals surface area contributed by atoms with Crippen LogP contribution in [0.5, 0.6) is 0 Å². The predicted octanol–water partition coefficient (Wildman–Crippen LogP) is 2.57. The third-order valence-electron chi connectivity index (χ3n) is 4.16. The lowest BCUT2D eigenvalue weighted by Crippen LogP contribution is -2.33. The molecule has 1 aromatic carbocycles. The van der Waals surface area contributed by atoms with Gasteiger partial charge in [0.2, 0.25) is 15.9 Å². The van der Waals surface area contributed by atoms with Crippen LogP contribution in [0.15, 0.2) is 40.6 Å². The van der Waals surface area contributed by atoms with Crippen molar-refractivity contribution in [3.05, 3.63) is 46.2 Å². The molecule has 1 amide bonds. The molecule has 5 nitrogen and oxygen atoms in total. The van der Waals surface area contributed by atoms with Crippen molar-refractivity contribution in [2.75, 3.05) is 11.4 Å². The number of amides is 1. The fourth-order valence-corrected chi connectivity index (χ4v) is 4.89. The summed E-state index contributed by atoms with van der Waals surface area (Å²) in [4.78, 5) is 14.9. The van der Waals surface area contributed by atoms with Crippen molar-refractivity contribution in [1.29, 1.82) is 0 Å². The fraction of sp³-hybridized carbons (Fsp3) is 0.353. The molecule has 0 saturated heterocycles. The molecule has 0 aliphatic carbocycles. The van der Waals surface area contributed by atoms with Gasteiger partial charge in [-0.05, 0) is 55.0 Å². The number of sulfonamides is 1. The molecule has 1 N–H and O–H groups in total. The van der Waals surface area contributed by atoms with Crippen LogP contribution in [0.2, 0.25) is 0 Å². The van der Waals surface area contributed by atoms with Gasteiger partial charge in [-0.15, -0.1) is 11.3 Å². The van der Waals surface area contributed by atoms with Gasteiger partial charge < -0.3 is 4.90 Å². The molecule has 3 rings (SSSR count). The van der Waals surface area contributed by atoms with E-state index in [0.717, 1.165) is 16.1 Å². The Bertz CT molecular complexity index is 845. The highest BCUT2D eigenvalue weighted by Crippen LogP contribution is 2.33. The van der Waals surface area contributed by atoms with Crippen LogP contribution in [0, 0.1) is 0 Å². The molecule has 0 spiro atoms. The third-order valence-corrected chi connectivity index (χ3v) is 6.55. The van der Waals surface area contributed by atoms with Gasteiger partial charge in [-0.3, -0.25) is 4.79 Å². The zero-order valence-electron chi connectivity index (χ0n) is 13.7. The van der Waals surface area contributed by atoms with E-state index in [0.29, 0.717) is 19.4 Å². The first-order valence-electron chi connectivity index (χ1n) is 7.83. The van der Waals surface area contributed by atoms with Gasteiger partial charge in [0.15, 0.2) is 0 Å². The third kappa shape index (κ3) is 3.38. The van der Waals surface area contributed by atoms with Crippen molar-refractivity contribution in [3.63, 3.8) is 0 Å². The summed E-state index contributed by atoms with van der Waals surface area (Å²) in [6.07, 6.45) is 1.35. The SMILES string of the molecule is CC(=O)N1c2ccc(S(=O)(=O)NCCc3cccs3)cc2CC1C. The molecule has 0 saturated carbocycles. The normalized spacial score (nSPS) is 17.1. The molecule has 1 atom stereocenters. The molecule has 0 bridgehead atoms. The quantitative estimate of drug-likeness (QED) is 0.887. The molecular formula is C17H20N2O3S2. The Kier molecular flexibility index (Phi) is 4.76. The standard InChI is InChI=1S/C17H20N2O3S2/c1-12-10-14-11-16(5-6-17(14)19(12)13(2)20)24(21,22)18-8-7-15-4-3-9-23-15/h3-6,9,11-12,18H,7-8,10H2,1-2H3.